The zero-order valence-electron chi connectivity index (χ0n) is 24.9. The van der Waals surface area contributed by atoms with Gasteiger partial charge in [-0.15, -0.1) is 0 Å². The van der Waals surface area contributed by atoms with Crippen molar-refractivity contribution in [3.63, 3.8) is 0 Å². The maximum absolute atomic E-state index is 15.1. The monoisotopic (exact) mass is 674 g/mol. The minimum absolute atomic E-state index is 0.0227. The summed E-state index contributed by atoms with van der Waals surface area (Å²) in [5.74, 6) is -2.07. The maximum atomic E-state index is 15.1. The molecule has 12 nitrogen and oxygen atoms in total. The van der Waals surface area contributed by atoms with Crippen molar-refractivity contribution in [1.82, 2.24) is 5.32 Å². The summed E-state index contributed by atoms with van der Waals surface area (Å²) in [5, 5.41) is 14.5. The summed E-state index contributed by atoms with van der Waals surface area (Å²) < 4.78 is 73.2. The normalized spacial score (nSPS) is 29.4. The van der Waals surface area contributed by atoms with E-state index in [0.29, 0.717) is 12.1 Å². The molecule has 43 heavy (non-hydrogen) atoms. The van der Waals surface area contributed by atoms with Crippen LogP contribution in [0.1, 0.15) is 84.6 Å². The van der Waals surface area contributed by atoms with E-state index in [2.05, 4.69) is 12.2 Å². The molecule has 4 heterocycles. The highest BCUT2D eigenvalue weighted by Gasteiger charge is 2.75. The van der Waals surface area contributed by atoms with Crippen molar-refractivity contribution in [2.24, 2.45) is 5.41 Å². The molecule has 16 heteroatoms. The Morgan fingerprint density at radius 2 is 1.81 bits per heavy atom. The van der Waals surface area contributed by atoms with E-state index >= 15 is 4.57 Å². The van der Waals surface area contributed by atoms with Gasteiger partial charge in [-0.2, -0.15) is 0 Å². The van der Waals surface area contributed by atoms with Gasteiger partial charge in [0.15, 0.2) is 6.29 Å². The molecule has 2 bridgehead atoms. The number of allylic oxidation sites excluding steroid dienone is 3. The SMILES string of the molecule is CCCCCCCCOC(=O)C1=C(C)NC(C)=C(P(=O)(P=O)P2(=O)CC(C)(C)C3OP2(=O)O3)C1c1cccc([N+](=O)[O-])c1. The molecule has 0 spiro atoms. The predicted octanol–water partition coefficient (Wildman–Crippen LogP) is 9.06. The number of fused-ring (bicyclic) bond motifs is 2. The number of dihydropyridines is 1. The second-order valence-corrected chi connectivity index (χ2v) is 27.7. The van der Waals surface area contributed by atoms with Crippen LogP contribution in [0, 0.1) is 15.5 Å². The molecule has 3 fully saturated rings. The van der Waals surface area contributed by atoms with Crippen molar-refractivity contribution in [3.05, 3.63) is 62.2 Å². The minimum Gasteiger partial charge on any atom is -0.462 e. The summed E-state index contributed by atoms with van der Waals surface area (Å²) in [7, 11) is -5.50. The topological polar surface area (TPSA) is 168 Å². The third-order valence-electron chi connectivity index (χ3n) is 8.03. The van der Waals surface area contributed by atoms with Crippen LogP contribution in [-0.2, 0) is 36.8 Å². The molecule has 0 amide bonds. The number of non-ortho nitro benzene ring substituents is 1. The lowest BCUT2D eigenvalue weighted by Crippen LogP contribution is -2.46. The number of nitrogens with zero attached hydrogens (tertiary/aromatic N) is 1. The lowest BCUT2D eigenvalue weighted by molar-refractivity contribution is -0.384. The number of benzene rings is 1. The van der Waals surface area contributed by atoms with E-state index in [9.17, 15) is 28.6 Å². The van der Waals surface area contributed by atoms with E-state index in [1.807, 2.05) is 0 Å². The molecule has 3 unspecified atom stereocenters. The van der Waals surface area contributed by atoms with Gasteiger partial charge in [-0.25, -0.2) is 4.79 Å². The quantitative estimate of drug-likeness (QED) is 0.0696. The van der Waals surface area contributed by atoms with Crippen LogP contribution in [0.25, 0.3) is 0 Å². The number of carbonyl (C=O) groups excluding carboxylic acids is 1. The van der Waals surface area contributed by atoms with Crippen LogP contribution in [0.4, 0.5) is 5.69 Å². The Morgan fingerprint density at radius 3 is 2.44 bits per heavy atom. The van der Waals surface area contributed by atoms with Crippen LogP contribution < -0.4 is 5.32 Å². The van der Waals surface area contributed by atoms with Crippen molar-refractivity contribution in [2.45, 2.75) is 85.4 Å². The van der Waals surface area contributed by atoms with Crippen LogP contribution in [0.15, 0.2) is 46.5 Å². The van der Waals surface area contributed by atoms with E-state index in [4.69, 9.17) is 13.8 Å². The molecule has 1 aromatic carbocycles. The third-order valence-corrected chi connectivity index (χ3v) is 30.2. The largest absolute Gasteiger partial charge is 0.462 e. The van der Waals surface area contributed by atoms with Gasteiger partial charge in [-0.3, -0.25) is 32.9 Å². The second-order valence-electron chi connectivity index (χ2n) is 11.8. The van der Waals surface area contributed by atoms with Gasteiger partial charge in [-0.1, -0.05) is 65.0 Å². The van der Waals surface area contributed by atoms with Crippen LogP contribution in [-0.4, -0.2) is 30.0 Å². The summed E-state index contributed by atoms with van der Waals surface area (Å²) in [6, 6.07) is 5.40. The summed E-state index contributed by atoms with van der Waals surface area (Å²) in [6.07, 6.45) is 4.56. The number of esters is 1. The molecule has 1 aromatic rings. The Kier molecular flexibility index (Phi) is 10.1. The molecule has 0 radical (unpaired) electrons. The number of hydrogen-bond acceptors (Lipinski definition) is 11. The fourth-order valence-corrected chi connectivity index (χ4v) is 28.9. The van der Waals surface area contributed by atoms with E-state index in [0.717, 1.165) is 32.1 Å². The maximum Gasteiger partial charge on any atom is 0.398 e. The first-order valence-corrected chi connectivity index (χ1v) is 22.3. The Balaban J connectivity index is 1.81. The Morgan fingerprint density at radius 1 is 1.16 bits per heavy atom. The number of carbonyl (C=O) groups is 1. The molecule has 236 valence electrons. The fraction of sp³-hybridized carbons (Fsp3) is 0.593. The summed E-state index contributed by atoms with van der Waals surface area (Å²) in [6.45, 7) is -0.628. The minimum atomic E-state index is -4.73. The third kappa shape index (κ3) is 6.04. The van der Waals surface area contributed by atoms with Gasteiger partial charge in [0.25, 0.3) is 18.7 Å². The molecule has 0 saturated carbocycles. The van der Waals surface area contributed by atoms with Crippen LogP contribution in [0.3, 0.4) is 0 Å². The Bertz CT molecular complexity index is 1520. The van der Waals surface area contributed by atoms with Gasteiger partial charge in [0.05, 0.1) is 17.1 Å². The molecule has 4 aliphatic heterocycles. The number of unbranched alkanes of at least 4 members (excludes halogenated alkanes) is 5. The summed E-state index contributed by atoms with van der Waals surface area (Å²) in [5.41, 5.74) is -0.614. The lowest BCUT2D eigenvalue weighted by atomic mass is 9.86. The van der Waals surface area contributed by atoms with Crippen LogP contribution in [0.2, 0.25) is 0 Å². The number of rotatable bonds is 13. The second kappa shape index (κ2) is 12.8. The average Bonchev–Trinajstić information content (AvgIpc) is 2.92. The zero-order chi connectivity index (χ0) is 31.8. The van der Waals surface area contributed by atoms with E-state index in [1.54, 1.807) is 20.8 Å². The molecular weight excluding hydrogens is 636 g/mol. The number of ether oxygens (including phenoxy) is 1. The molecule has 0 aliphatic carbocycles. The summed E-state index contributed by atoms with van der Waals surface area (Å²) >= 11 is 0. The van der Waals surface area contributed by atoms with Crippen LogP contribution in [0.5, 0.6) is 0 Å². The smallest absolute Gasteiger partial charge is 0.398 e. The van der Waals surface area contributed by atoms with Gasteiger partial charge < -0.3 is 14.6 Å². The zero-order valence-corrected chi connectivity index (χ0v) is 28.5. The molecule has 3 saturated heterocycles. The standard InChI is InChI=1S/C27H38N2O10P4/c1-6-7-8-9-10-11-15-37-25(30)22-18(2)28-19(3)24(23(22)20-13-12-14-21(16-20)29(31)32)42(35,40-33)41(34)17-27(4,5)26-38-43(41,36)39-26/h12-14,16,23,26,28H,6-11,15,17H2,1-5H3. The van der Waals surface area contributed by atoms with Gasteiger partial charge in [0, 0.05) is 46.3 Å². The van der Waals surface area contributed by atoms with E-state index < -0.39 is 57.0 Å². The van der Waals surface area contributed by atoms with Gasteiger partial charge in [0.1, 0.15) is 0 Å². The number of nitrogens with one attached hydrogen (secondary N) is 1. The highest BCUT2D eigenvalue weighted by Crippen LogP contribution is 3.11. The molecule has 5 rings (SSSR count). The highest BCUT2D eigenvalue weighted by molar-refractivity contribution is 8.78. The average molecular weight is 675 g/mol. The first kappa shape index (κ1) is 34.0. The van der Waals surface area contributed by atoms with Crippen molar-refractivity contribution in [1.29, 1.82) is 0 Å². The van der Waals surface area contributed by atoms with Crippen molar-refractivity contribution >= 4 is 40.1 Å². The summed E-state index contributed by atoms with van der Waals surface area (Å²) in [4.78, 5) is 24.8. The Hall–Kier alpha value is -1.92. The molecule has 1 N–H and O–H groups in total. The number of hydrogen-bond donors (Lipinski definition) is 1. The number of nitro benzene ring substituents is 1. The molecule has 3 atom stereocenters. The number of nitro groups is 1. The van der Waals surface area contributed by atoms with Crippen LogP contribution >= 0.6 is 28.5 Å². The molecular formula is C27H38N2O10P4. The van der Waals surface area contributed by atoms with Gasteiger partial charge in [0.2, 0.25) is 8.15 Å². The first-order valence-electron chi connectivity index (χ1n) is 14.3. The van der Waals surface area contributed by atoms with Crippen molar-refractivity contribution < 1.29 is 41.8 Å². The first-order chi connectivity index (χ1) is 20.2. The van der Waals surface area contributed by atoms with E-state index in [1.165, 1.54) is 31.2 Å². The molecule has 0 aromatic heterocycles. The van der Waals surface area contributed by atoms with Gasteiger partial charge >= 0.3 is 13.3 Å². The van der Waals surface area contributed by atoms with E-state index in [-0.39, 0.29) is 40.6 Å². The van der Waals surface area contributed by atoms with Crippen molar-refractivity contribution in [2.75, 3.05) is 12.8 Å². The Labute approximate surface area is 252 Å². The molecule has 4 aliphatic rings. The highest BCUT2D eigenvalue weighted by atomic mass is 32.7. The fourth-order valence-electron chi connectivity index (χ4n) is 5.80. The van der Waals surface area contributed by atoms with Crippen molar-refractivity contribution in [3.8, 4) is 0 Å². The lowest BCUT2D eigenvalue weighted by Gasteiger charge is -2.53. The van der Waals surface area contributed by atoms with Gasteiger partial charge in [-0.05, 0) is 25.8 Å². The predicted molar refractivity (Wildman–Crippen MR) is 164 cm³/mol.